The number of aliphatic carboxylic acids is 1. The highest BCUT2D eigenvalue weighted by molar-refractivity contribution is 5.78. The molecule has 4 nitrogen and oxygen atoms in total. The second kappa shape index (κ2) is 7.85. The van der Waals surface area contributed by atoms with Gasteiger partial charge in [-0.1, -0.05) is 20.3 Å². The van der Waals surface area contributed by atoms with Gasteiger partial charge in [-0.15, -0.1) is 0 Å². The van der Waals surface area contributed by atoms with Gasteiger partial charge in [-0.05, 0) is 58.2 Å². The quantitative estimate of drug-likeness (QED) is 0.675. The summed E-state index contributed by atoms with van der Waals surface area (Å²) in [4.78, 5) is 13.9. The van der Waals surface area contributed by atoms with Crippen molar-refractivity contribution in [1.82, 2.24) is 10.2 Å². The maximum Gasteiger partial charge on any atom is 0.323 e. The van der Waals surface area contributed by atoms with E-state index in [0.29, 0.717) is 12.8 Å². The molecule has 0 amide bonds. The van der Waals surface area contributed by atoms with Crippen molar-refractivity contribution in [2.45, 2.75) is 57.9 Å². The molecule has 1 rings (SSSR count). The number of nitrogens with one attached hydrogen (secondary N) is 1. The summed E-state index contributed by atoms with van der Waals surface area (Å²) in [6.45, 7) is 7.63. The molecule has 2 atom stereocenters. The van der Waals surface area contributed by atoms with Crippen LogP contribution in [-0.2, 0) is 4.79 Å². The van der Waals surface area contributed by atoms with E-state index in [1.165, 1.54) is 32.4 Å². The molecule has 0 aromatic rings. The van der Waals surface area contributed by atoms with Crippen molar-refractivity contribution in [1.29, 1.82) is 0 Å². The van der Waals surface area contributed by atoms with Crippen molar-refractivity contribution in [3.63, 3.8) is 0 Å². The van der Waals surface area contributed by atoms with E-state index in [0.717, 1.165) is 18.9 Å². The van der Waals surface area contributed by atoms with E-state index in [2.05, 4.69) is 17.1 Å². The van der Waals surface area contributed by atoms with Crippen LogP contribution in [0.1, 0.15) is 52.4 Å². The van der Waals surface area contributed by atoms with E-state index in [9.17, 15) is 9.90 Å². The summed E-state index contributed by atoms with van der Waals surface area (Å²) in [5.74, 6) is 0.146. The Morgan fingerprint density at radius 3 is 2.74 bits per heavy atom. The molecule has 2 N–H and O–H groups in total. The predicted molar refractivity (Wildman–Crippen MR) is 78.4 cm³/mol. The first-order valence-electron chi connectivity index (χ1n) is 7.72. The first-order chi connectivity index (χ1) is 9.07. The second-order valence-electron chi connectivity index (χ2n) is 5.84. The van der Waals surface area contributed by atoms with Crippen LogP contribution in [0.4, 0.5) is 0 Å². The number of nitrogens with zero attached hydrogens (tertiary/aromatic N) is 1. The largest absolute Gasteiger partial charge is 0.480 e. The van der Waals surface area contributed by atoms with Crippen LogP contribution in [0, 0.1) is 5.92 Å². The highest BCUT2D eigenvalue weighted by atomic mass is 16.4. The Balaban J connectivity index is 2.31. The molecular weight excluding hydrogens is 240 g/mol. The lowest BCUT2D eigenvalue weighted by Crippen LogP contribution is -2.50. The molecule has 0 bridgehead atoms. The van der Waals surface area contributed by atoms with Gasteiger partial charge in [0.2, 0.25) is 0 Å². The molecule has 1 aliphatic rings. The van der Waals surface area contributed by atoms with Crippen LogP contribution < -0.4 is 5.32 Å². The van der Waals surface area contributed by atoms with Gasteiger partial charge in [-0.25, -0.2) is 0 Å². The summed E-state index contributed by atoms with van der Waals surface area (Å²) in [5, 5.41) is 12.4. The molecule has 0 radical (unpaired) electrons. The zero-order valence-electron chi connectivity index (χ0n) is 12.7. The summed E-state index contributed by atoms with van der Waals surface area (Å²) in [6, 6.07) is 0. The Morgan fingerprint density at radius 2 is 2.21 bits per heavy atom. The Hall–Kier alpha value is -0.610. The third-order valence-corrected chi connectivity index (χ3v) is 4.64. The summed E-state index contributed by atoms with van der Waals surface area (Å²) in [6.07, 6.45) is 6.23. The monoisotopic (exact) mass is 270 g/mol. The van der Waals surface area contributed by atoms with Gasteiger partial charge in [0.1, 0.15) is 5.54 Å². The molecular formula is C15H30N2O2. The second-order valence-corrected chi connectivity index (χ2v) is 5.84. The summed E-state index contributed by atoms with van der Waals surface area (Å²) in [5.41, 5.74) is -0.734. The van der Waals surface area contributed by atoms with E-state index < -0.39 is 11.5 Å². The van der Waals surface area contributed by atoms with E-state index >= 15 is 0 Å². The van der Waals surface area contributed by atoms with Crippen LogP contribution in [0.3, 0.4) is 0 Å². The van der Waals surface area contributed by atoms with Crippen molar-refractivity contribution in [2.75, 3.05) is 26.7 Å². The maximum absolute atomic E-state index is 11.4. The fourth-order valence-electron chi connectivity index (χ4n) is 3.21. The third kappa shape index (κ3) is 4.46. The molecule has 1 saturated heterocycles. The molecule has 112 valence electrons. The molecule has 0 aromatic carbocycles. The summed E-state index contributed by atoms with van der Waals surface area (Å²) in [7, 11) is 1.75. The number of likely N-dealkylation sites (tertiary alicyclic amines) is 1. The zero-order valence-corrected chi connectivity index (χ0v) is 12.7. The van der Waals surface area contributed by atoms with E-state index in [1.807, 2.05) is 6.92 Å². The van der Waals surface area contributed by atoms with Crippen LogP contribution in [0.25, 0.3) is 0 Å². The van der Waals surface area contributed by atoms with E-state index in [1.54, 1.807) is 7.05 Å². The van der Waals surface area contributed by atoms with Gasteiger partial charge in [0.25, 0.3) is 0 Å². The van der Waals surface area contributed by atoms with Gasteiger partial charge >= 0.3 is 5.97 Å². The number of hydrogen-bond donors (Lipinski definition) is 2. The standard InChI is InChI=1S/C15H30N2O2/c1-4-7-13-8-11-17(12-13)10-6-9-15(5-2,16-3)14(18)19/h13,16H,4-12H2,1-3H3,(H,18,19). The summed E-state index contributed by atoms with van der Waals surface area (Å²) < 4.78 is 0. The molecule has 1 fully saturated rings. The third-order valence-electron chi connectivity index (χ3n) is 4.64. The lowest BCUT2D eigenvalue weighted by Gasteiger charge is -2.28. The molecule has 0 saturated carbocycles. The molecule has 0 aromatic heterocycles. The number of carboxylic acid groups (broad SMARTS) is 1. The van der Waals surface area contributed by atoms with Gasteiger partial charge in [0.05, 0.1) is 0 Å². The van der Waals surface area contributed by atoms with Crippen molar-refractivity contribution in [2.24, 2.45) is 5.92 Å². The molecule has 2 unspecified atom stereocenters. The highest BCUT2D eigenvalue weighted by Gasteiger charge is 2.34. The number of rotatable bonds is 9. The van der Waals surface area contributed by atoms with Crippen molar-refractivity contribution in [3.8, 4) is 0 Å². The molecule has 0 spiro atoms. The van der Waals surface area contributed by atoms with Crippen LogP contribution in [0.2, 0.25) is 0 Å². The average Bonchev–Trinajstić information content (AvgIpc) is 2.83. The lowest BCUT2D eigenvalue weighted by atomic mass is 9.90. The number of carboxylic acids is 1. The smallest absolute Gasteiger partial charge is 0.323 e. The Bertz CT molecular complexity index is 277. The zero-order chi connectivity index (χ0) is 14.3. The van der Waals surface area contributed by atoms with Crippen molar-refractivity contribution in [3.05, 3.63) is 0 Å². The van der Waals surface area contributed by atoms with Crippen LogP contribution in [0.15, 0.2) is 0 Å². The normalized spacial score (nSPS) is 23.4. The van der Waals surface area contributed by atoms with Gasteiger partial charge in [-0.3, -0.25) is 4.79 Å². The minimum Gasteiger partial charge on any atom is -0.480 e. The maximum atomic E-state index is 11.4. The minimum absolute atomic E-state index is 0.636. The molecule has 0 aliphatic carbocycles. The van der Waals surface area contributed by atoms with Crippen LogP contribution in [-0.4, -0.2) is 48.2 Å². The fourth-order valence-corrected chi connectivity index (χ4v) is 3.21. The summed E-state index contributed by atoms with van der Waals surface area (Å²) >= 11 is 0. The first-order valence-corrected chi connectivity index (χ1v) is 7.72. The lowest BCUT2D eigenvalue weighted by molar-refractivity contribution is -0.145. The fraction of sp³-hybridized carbons (Fsp3) is 0.933. The van der Waals surface area contributed by atoms with Crippen molar-refractivity contribution < 1.29 is 9.90 Å². The van der Waals surface area contributed by atoms with Crippen molar-refractivity contribution >= 4 is 5.97 Å². The molecule has 1 heterocycles. The van der Waals surface area contributed by atoms with Gasteiger partial charge in [-0.2, -0.15) is 0 Å². The Labute approximate surface area is 117 Å². The Morgan fingerprint density at radius 1 is 1.47 bits per heavy atom. The SMILES string of the molecule is CCCC1CCN(CCCC(CC)(NC)C(=O)O)C1. The first kappa shape index (κ1) is 16.4. The number of carbonyl (C=O) groups is 1. The van der Waals surface area contributed by atoms with Gasteiger partial charge in [0, 0.05) is 6.54 Å². The predicted octanol–water partition coefficient (Wildman–Crippen LogP) is 2.34. The minimum atomic E-state index is -0.734. The van der Waals surface area contributed by atoms with Crippen LogP contribution >= 0.6 is 0 Å². The highest BCUT2D eigenvalue weighted by Crippen LogP contribution is 2.23. The Kier molecular flexibility index (Phi) is 6.80. The molecule has 19 heavy (non-hydrogen) atoms. The van der Waals surface area contributed by atoms with E-state index in [4.69, 9.17) is 0 Å². The van der Waals surface area contributed by atoms with Gasteiger partial charge in [0.15, 0.2) is 0 Å². The van der Waals surface area contributed by atoms with Gasteiger partial charge < -0.3 is 15.3 Å². The molecule has 1 aliphatic heterocycles. The average molecular weight is 270 g/mol. The topological polar surface area (TPSA) is 52.6 Å². The number of hydrogen-bond acceptors (Lipinski definition) is 3. The molecule has 4 heteroatoms. The van der Waals surface area contributed by atoms with E-state index in [-0.39, 0.29) is 0 Å². The van der Waals surface area contributed by atoms with Crippen LogP contribution in [0.5, 0.6) is 0 Å². The number of likely N-dealkylation sites (N-methyl/N-ethyl adjacent to an activating group) is 1.